The summed E-state index contributed by atoms with van der Waals surface area (Å²) in [6.07, 6.45) is 3.20. The topological polar surface area (TPSA) is 106 Å². The minimum absolute atomic E-state index is 0.191. The fourth-order valence-electron chi connectivity index (χ4n) is 5.34. The predicted octanol–water partition coefficient (Wildman–Crippen LogP) is 7.16. The number of nitrogens with zero attached hydrogens (tertiary/aromatic N) is 5. The summed E-state index contributed by atoms with van der Waals surface area (Å²) in [4.78, 5) is 30.1. The van der Waals surface area contributed by atoms with Crippen LogP contribution in [0.25, 0.3) is 27.6 Å². The van der Waals surface area contributed by atoms with Gasteiger partial charge in [-0.15, -0.1) is 11.3 Å². The van der Waals surface area contributed by atoms with Gasteiger partial charge in [-0.3, -0.25) is 9.72 Å². The molecule has 45 heavy (non-hydrogen) atoms. The lowest BCUT2D eigenvalue weighted by Crippen LogP contribution is -2.36. The Bertz CT molecular complexity index is 1950. The van der Waals surface area contributed by atoms with Crippen molar-refractivity contribution in [3.8, 4) is 22.6 Å². The molecule has 6 aromatic rings. The number of nitrogens with one attached hydrogen (secondary N) is 2. The van der Waals surface area contributed by atoms with Gasteiger partial charge in [0.05, 0.1) is 24.6 Å². The zero-order valence-electron chi connectivity index (χ0n) is 24.6. The minimum atomic E-state index is -0.524. The average molecular weight is 618 g/mol. The number of hydrogen-bond donors (Lipinski definition) is 2. The number of benzene rings is 3. The molecule has 1 fully saturated rings. The Morgan fingerprint density at radius 2 is 1.82 bits per heavy atom. The van der Waals surface area contributed by atoms with E-state index in [2.05, 4.69) is 32.7 Å². The molecule has 7 rings (SSSR count). The molecule has 0 bridgehead atoms. The number of carbonyl (C=O) groups excluding carboxylic acids is 1. The van der Waals surface area contributed by atoms with Gasteiger partial charge in [-0.05, 0) is 55.0 Å². The summed E-state index contributed by atoms with van der Waals surface area (Å²) in [7, 11) is 0. The van der Waals surface area contributed by atoms with Gasteiger partial charge in [-0.1, -0.05) is 42.0 Å². The SMILES string of the molecule is Cc1cccc(COC(=O)Nc2cccc(-c3nc4sccn4c3-c3ccnc(Nc4ccc(N5CCOCC5)cc4)n3)c2)c1. The van der Waals surface area contributed by atoms with Gasteiger partial charge in [-0.2, -0.15) is 0 Å². The molecule has 0 aliphatic carbocycles. The summed E-state index contributed by atoms with van der Waals surface area (Å²) in [5.74, 6) is 0.481. The second-order valence-electron chi connectivity index (χ2n) is 10.7. The molecule has 1 aliphatic rings. The number of carbonyl (C=O) groups is 1. The van der Waals surface area contributed by atoms with E-state index in [0.29, 0.717) is 17.3 Å². The Balaban J connectivity index is 1.11. The van der Waals surface area contributed by atoms with E-state index < -0.39 is 6.09 Å². The van der Waals surface area contributed by atoms with Crippen LogP contribution in [0.3, 0.4) is 0 Å². The minimum Gasteiger partial charge on any atom is -0.444 e. The maximum atomic E-state index is 12.6. The van der Waals surface area contributed by atoms with E-state index in [-0.39, 0.29) is 6.61 Å². The van der Waals surface area contributed by atoms with Crippen LogP contribution in [0.2, 0.25) is 0 Å². The van der Waals surface area contributed by atoms with Gasteiger partial charge in [0.1, 0.15) is 12.3 Å². The van der Waals surface area contributed by atoms with E-state index in [9.17, 15) is 4.79 Å². The fourth-order valence-corrected chi connectivity index (χ4v) is 6.05. The van der Waals surface area contributed by atoms with Crippen LogP contribution >= 0.6 is 11.3 Å². The first kappa shape index (κ1) is 28.5. The van der Waals surface area contributed by atoms with E-state index in [1.165, 1.54) is 5.69 Å². The zero-order chi connectivity index (χ0) is 30.6. The number of hydrogen-bond acceptors (Lipinski definition) is 9. The highest BCUT2D eigenvalue weighted by Crippen LogP contribution is 2.35. The largest absolute Gasteiger partial charge is 0.444 e. The number of aromatic nitrogens is 4. The number of fused-ring (bicyclic) bond motifs is 1. The quantitative estimate of drug-likeness (QED) is 0.185. The average Bonchev–Trinajstić information content (AvgIpc) is 3.67. The number of aryl methyl sites for hydroxylation is 1. The number of amides is 1. The van der Waals surface area contributed by atoms with Crippen LogP contribution in [0, 0.1) is 6.92 Å². The molecule has 226 valence electrons. The zero-order valence-corrected chi connectivity index (χ0v) is 25.5. The maximum absolute atomic E-state index is 12.6. The van der Waals surface area contributed by atoms with Crippen LogP contribution in [0.15, 0.2) is 96.6 Å². The van der Waals surface area contributed by atoms with Crippen molar-refractivity contribution in [1.29, 1.82) is 0 Å². The molecular weight excluding hydrogens is 586 g/mol. The van der Waals surface area contributed by atoms with Crippen molar-refractivity contribution in [2.45, 2.75) is 13.5 Å². The molecule has 0 saturated carbocycles. The number of ether oxygens (including phenoxy) is 2. The smallest absolute Gasteiger partial charge is 0.411 e. The van der Waals surface area contributed by atoms with E-state index in [1.54, 1.807) is 17.5 Å². The highest BCUT2D eigenvalue weighted by Gasteiger charge is 2.19. The summed E-state index contributed by atoms with van der Waals surface area (Å²) in [6, 6.07) is 25.6. The molecule has 2 N–H and O–H groups in total. The van der Waals surface area contributed by atoms with Crippen LogP contribution < -0.4 is 15.5 Å². The second-order valence-corrected chi connectivity index (χ2v) is 11.5. The molecule has 0 atom stereocenters. The summed E-state index contributed by atoms with van der Waals surface area (Å²) in [6.45, 7) is 5.47. The van der Waals surface area contributed by atoms with Gasteiger partial charge in [0.25, 0.3) is 0 Å². The number of imidazole rings is 1. The highest BCUT2D eigenvalue weighted by molar-refractivity contribution is 7.15. The van der Waals surface area contributed by atoms with Gasteiger partial charge in [0, 0.05) is 53.5 Å². The van der Waals surface area contributed by atoms with Crippen molar-refractivity contribution in [2.75, 3.05) is 41.8 Å². The first-order valence-electron chi connectivity index (χ1n) is 14.7. The lowest BCUT2D eigenvalue weighted by atomic mass is 10.1. The molecule has 4 heterocycles. The van der Waals surface area contributed by atoms with Crippen molar-refractivity contribution >= 4 is 45.4 Å². The Kier molecular flexibility index (Phi) is 8.09. The summed E-state index contributed by atoms with van der Waals surface area (Å²) >= 11 is 1.54. The first-order valence-corrected chi connectivity index (χ1v) is 15.6. The van der Waals surface area contributed by atoms with Gasteiger partial charge in [0.2, 0.25) is 5.95 Å². The van der Waals surface area contributed by atoms with E-state index in [1.807, 2.05) is 89.6 Å². The van der Waals surface area contributed by atoms with Gasteiger partial charge >= 0.3 is 6.09 Å². The molecule has 1 aliphatic heterocycles. The third-order valence-electron chi connectivity index (χ3n) is 7.49. The van der Waals surface area contributed by atoms with Crippen molar-refractivity contribution in [3.05, 3.63) is 108 Å². The second kappa shape index (κ2) is 12.8. The molecule has 3 aromatic heterocycles. The van der Waals surface area contributed by atoms with Crippen molar-refractivity contribution in [2.24, 2.45) is 0 Å². The molecule has 0 unspecified atom stereocenters. The third kappa shape index (κ3) is 6.49. The molecule has 1 saturated heterocycles. The van der Waals surface area contributed by atoms with E-state index >= 15 is 0 Å². The molecule has 11 heteroatoms. The molecule has 3 aromatic carbocycles. The van der Waals surface area contributed by atoms with E-state index in [4.69, 9.17) is 19.4 Å². The lowest BCUT2D eigenvalue weighted by Gasteiger charge is -2.28. The van der Waals surface area contributed by atoms with Crippen LogP contribution in [0.5, 0.6) is 0 Å². The number of morpholine rings is 1. The van der Waals surface area contributed by atoms with Gasteiger partial charge in [0.15, 0.2) is 4.96 Å². The molecule has 10 nitrogen and oxygen atoms in total. The van der Waals surface area contributed by atoms with Crippen molar-refractivity contribution in [1.82, 2.24) is 19.4 Å². The normalized spacial score (nSPS) is 13.1. The number of rotatable bonds is 8. The summed E-state index contributed by atoms with van der Waals surface area (Å²) in [5, 5.41) is 8.18. The summed E-state index contributed by atoms with van der Waals surface area (Å²) < 4.78 is 13.0. The van der Waals surface area contributed by atoms with Crippen LogP contribution in [0.1, 0.15) is 11.1 Å². The van der Waals surface area contributed by atoms with Gasteiger partial charge in [-0.25, -0.2) is 19.7 Å². The Morgan fingerprint density at radius 1 is 0.978 bits per heavy atom. The summed E-state index contributed by atoms with van der Waals surface area (Å²) in [5.41, 5.74) is 7.85. The van der Waals surface area contributed by atoms with E-state index in [0.717, 1.165) is 65.0 Å². The Hall–Kier alpha value is -5.26. The molecule has 0 radical (unpaired) electrons. The number of thiazole rings is 1. The lowest BCUT2D eigenvalue weighted by molar-refractivity contribution is 0.122. The maximum Gasteiger partial charge on any atom is 0.411 e. The monoisotopic (exact) mass is 617 g/mol. The van der Waals surface area contributed by atoms with Crippen LogP contribution in [-0.2, 0) is 16.1 Å². The number of anilines is 4. The first-order chi connectivity index (χ1) is 22.1. The third-order valence-corrected chi connectivity index (χ3v) is 8.25. The van der Waals surface area contributed by atoms with Crippen molar-refractivity contribution in [3.63, 3.8) is 0 Å². The molecule has 0 spiro atoms. The molecule has 1 amide bonds. The predicted molar refractivity (Wildman–Crippen MR) is 177 cm³/mol. The van der Waals surface area contributed by atoms with Crippen LogP contribution in [-0.4, -0.2) is 51.7 Å². The van der Waals surface area contributed by atoms with Gasteiger partial charge < -0.3 is 19.7 Å². The van der Waals surface area contributed by atoms with Crippen molar-refractivity contribution < 1.29 is 14.3 Å². The molecular formula is C34H31N7O3S. The standard InChI is InChI=1S/C34H31N7O3S/c1-23-4-2-5-24(20-23)22-44-34(42)37-27-7-3-6-25(21-27)30-31(41-16-19-45-33(41)39-30)29-12-13-35-32(38-29)36-26-8-10-28(11-9-26)40-14-17-43-18-15-40/h2-13,16,19-21H,14-15,17-18,22H2,1H3,(H,37,42)(H,35,36,38). The Morgan fingerprint density at radius 3 is 2.67 bits per heavy atom. The highest BCUT2D eigenvalue weighted by atomic mass is 32.1. The Labute approximate surface area is 264 Å². The fraction of sp³-hybridized carbons (Fsp3) is 0.176. The van der Waals surface area contributed by atoms with Crippen LogP contribution in [0.4, 0.5) is 27.8 Å².